The Hall–Kier alpha value is -3.19. The smallest absolute Gasteiger partial charge is 0.250 e. The number of carbonyl (C=O) groups is 2. The van der Waals surface area contributed by atoms with Gasteiger partial charge in [0.2, 0.25) is 11.8 Å². The van der Waals surface area contributed by atoms with E-state index in [0.717, 1.165) is 22.7 Å². The van der Waals surface area contributed by atoms with Gasteiger partial charge in [0.05, 0.1) is 5.69 Å². The Kier molecular flexibility index (Phi) is 5.28. The van der Waals surface area contributed by atoms with Gasteiger partial charge in [0, 0.05) is 29.6 Å². The lowest BCUT2D eigenvalue weighted by Gasteiger charge is -2.02. The lowest BCUT2D eigenvalue weighted by atomic mass is 10.1. The summed E-state index contributed by atoms with van der Waals surface area (Å²) in [7, 11) is 0. The first kappa shape index (κ1) is 17.6. The third-order valence-electron chi connectivity index (χ3n) is 3.40. The Bertz CT molecular complexity index is 955. The minimum Gasteiger partial charge on any atom is -0.462 e. The van der Waals surface area contributed by atoms with E-state index in [-0.39, 0.29) is 11.8 Å². The molecular formula is C19H17N3O3S. The van der Waals surface area contributed by atoms with Crippen LogP contribution in [0.25, 0.3) is 17.3 Å². The predicted molar refractivity (Wildman–Crippen MR) is 103 cm³/mol. The van der Waals surface area contributed by atoms with Crippen molar-refractivity contribution < 1.29 is 14.0 Å². The van der Waals surface area contributed by atoms with Gasteiger partial charge in [0.15, 0.2) is 5.13 Å². The molecule has 0 aliphatic carbocycles. The number of nitrogens with one attached hydrogen (secondary N) is 2. The maximum Gasteiger partial charge on any atom is 0.250 e. The van der Waals surface area contributed by atoms with E-state index in [0.29, 0.717) is 10.9 Å². The van der Waals surface area contributed by atoms with Crippen LogP contribution in [0.4, 0.5) is 10.8 Å². The van der Waals surface area contributed by atoms with Crippen molar-refractivity contribution in [2.75, 3.05) is 10.6 Å². The van der Waals surface area contributed by atoms with Crippen molar-refractivity contribution in [2.45, 2.75) is 13.8 Å². The molecule has 0 saturated carbocycles. The number of benzene rings is 1. The SMILES string of the molecule is CC(=O)Nc1ccc(-c2csc(NC(=O)/C=C/c3ccc(C)o3)n2)cc1. The maximum absolute atomic E-state index is 12.0. The molecule has 0 atom stereocenters. The number of thiazole rings is 1. The molecule has 2 heterocycles. The average Bonchev–Trinajstić information content (AvgIpc) is 3.22. The van der Waals surface area contributed by atoms with Crippen LogP contribution in [0.15, 0.2) is 52.3 Å². The second-order valence-electron chi connectivity index (χ2n) is 5.57. The Balaban J connectivity index is 1.63. The maximum atomic E-state index is 12.0. The number of aromatic nitrogens is 1. The van der Waals surface area contributed by atoms with Crippen LogP contribution in [0.1, 0.15) is 18.4 Å². The van der Waals surface area contributed by atoms with Gasteiger partial charge in [0.1, 0.15) is 11.5 Å². The fourth-order valence-corrected chi connectivity index (χ4v) is 2.96. The Morgan fingerprint density at radius 1 is 1.12 bits per heavy atom. The van der Waals surface area contributed by atoms with E-state index < -0.39 is 0 Å². The first-order valence-corrected chi connectivity index (χ1v) is 8.76. The Morgan fingerprint density at radius 3 is 2.54 bits per heavy atom. The zero-order valence-electron chi connectivity index (χ0n) is 14.3. The number of carbonyl (C=O) groups excluding carboxylic acids is 2. The minimum atomic E-state index is -0.277. The fraction of sp³-hybridized carbons (Fsp3) is 0.105. The molecule has 2 amide bonds. The Morgan fingerprint density at radius 2 is 1.88 bits per heavy atom. The van der Waals surface area contributed by atoms with Gasteiger partial charge >= 0.3 is 0 Å². The highest BCUT2D eigenvalue weighted by atomic mass is 32.1. The van der Waals surface area contributed by atoms with Crippen LogP contribution in [-0.2, 0) is 9.59 Å². The highest BCUT2D eigenvalue weighted by Crippen LogP contribution is 2.26. The summed E-state index contributed by atoms with van der Waals surface area (Å²) < 4.78 is 5.37. The zero-order valence-corrected chi connectivity index (χ0v) is 15.1. The van der Waals surface area contributed by atoms with E-state index in [9.17, 15) is 9.59 Å². The van der Waals surface area contributed by atoms with Crippen molar-refractivity contribution >= 4 is 40.0 Å². The van der Waals surface area contributed by atoms with Crippen molar-refractivity contribution in [1.82, 2.24) is 4.98 Å². The molecule has 132 valence electrons. The molecule has 0 aliphatic heterocycles. The molecule has 0 saturated heterocycles. The van der Waals surface area contributed by atoms with Crippen LogP contribution < -0.4 is 10.6 Å². The number of nitrogens with zero attached hydrogens (tertiary/aromatic N) is 1. The summed E-state index contributed by atoms with van der Waals surface area (Å²) in [6.45, 7) is 3.31. The van der Waals surface area contributed by atoms with Crippen molar-refractivity contribution in [3.05, 3.63) is 59.4 Å². The van der Waals surface area contributed by atoms with Gasteiger partial charge < -0.3 is 9.73 Å². The molecule has 0 spiro atoms. The van der Waals surface area contributed by atoms with Gasteiger partial charge in [-0.15, -0.1) is 11.3 Å². The number of aryl methyl sites for hydroxylation is 1. The predicted octanol–water partition coefficient (Wildman–Crippen LogP) is 4.32. The molecular weight excluding hydrogens is 350 g/mol. The molecule has 3 aromatic rings. The largest absolute Gasteiger partial charge is 0.462 e. The van der Waals surface area contributed by atoms with Gasteiger partial charge in [-0.1, -0.05) is 12.1 Å². The van der Waals surface area contributed by atoms with Crippen molar-refractivity contribution in [1.29, 1.82) is 0 Å². The summed E-state index contributed by atoms with van der Waals surface area (Å²) in [5.74, 6) is 1.02. The molecule has 6 nitrogen and oxygen atoms in total. The van der Waals surface area contributed by atoms with Crippen LogP contribution >= 0.6 is 11.3 Å². The molecule has 3 rings (SSSR count). The summed E-state index contributed by atoms with van der Waals surface area (Å²) in [6.07, 6.45) is 3.01. The van der Waals surface area contributed by atoms with Gasteiger partial charge in [0.25, 0.3) is 0 Å². The molecule has 0 bridgehead atoms. The number of hydrogen-bond donors (Lipinski definition) is 2. The minimum absolute atomic E-state index is 0.117. The molecule has 7 heteroatoms. The quantitative estimate of drug-likeness (QED) is 0.658. The topological polar surface area (TPSA) is 84.2 Å². The van der Waals surface area contributed by atoms with E-state index in [4.69, 9.17) is 4.42 Å². The van der Waals surface area contributed by atoms with Crippen LogP contribution in [0.2, 0.25) is 0 Å². The molecule has 26 heavy (non-hydrogen) atoms. The van der Waals surface area contributed by atoms with Gasteiger partial charge in [-0.3, -0.25) is 14.9 Å². The monoisotopic (exact) mass is 367 g/mol. The van der Waals surface area contributed by atoms with E-state index in [2.05, 4.69) is 15.6 Å². The second-order valence-corrected chi connectivity index (χ2v) is 6.43. The molecule has 2 N–H and O–H groups in total. The molecule has 1 aromatic carbocycles. The zero-order chi connectivity index (χ0) is 18.5. The number of furan rings is 1. The Labute approximate surface area is 154 Å². The van der Waals surface area contributed by atoms with Crippen LogP contribution in [0, 0.1) is 6.92 Å². The summed E-state index contributed by atoms with van der Waals surface area (Å²) in [5.41, 5.74) is 2.38. The van der Waals surface area contributed by atoms with Crippen molar-refractivity contribution in [3.8, 4) is 11.3 Å². The molecule has 0 unspecified atom stereocenters. The summed E-state index contributed by atoms with van der Waals surface area (Å²) in [6, 6.07) is 11.0. The van der Waals surface area contributed by atoms with Crippen LogP contribution in [-0.4, -0.2) is 16.8 Å². The summed E-state index contributed by atoms with van der Waals surface area (Å²) in [5, 5.41) is 7.82. The van der Waals surface area contributed by atoms with Crippen molar-refractivity contribution in [2.24, 2.45) is 0 Å². The van der Waals surface area contributed by atoms with Crippen molar-refractivity contribution in [3.63, 3.8) is 0 Å². The van der Waals surface area contributed by atoms with Gasteiger partial charge in [-0.25, -0.2) is 4.98 Å². The normalized spacial score (nSPS) is 10.8. The lowest BCUT2D eigenvalue weighted by Crippen LogP contribution is -2.07. The molecule has 0 fully saturated rings. The van der Waals surface area contributed by atoms with Gasteiger partial charge in [-0.2, -0.15) is 0 Å². The first-order chi connectivity index (χ1) is 12.5. The van der Waals surface area contributed by atoms with Crippen LogP contribution in [0.5, 0.6) is 0 Å². The lowest BCUT2D eigenvalue weighted by molar-refractivity contribution is -0.114. The third kappa shape index (κ3) is 4.67. The molecule has 2 aromatic heterocycles. The number of rotatable bonds is 5. The van der Waals surface area contributed by atoms with E-state index >= 15 is 0 Å². The number of amides is 2. The van der Waals surface area contributed by atoms with Gasteiger partial charge in [-0.05, 0) is 37.3 Å². The number of anilines is 2. The summed E-state index contributed by atoms with van der Waals surface area (Å²) >= 11 is 1.34. The number of hydrogen-bond acceptors (Lipinski definition) is 5. The summed E-state index contributed by atoms with van der Waals surface area (Å²) in [4.78, 5) is 27.4. The van der Waals surface area contributed by atoms with Crippen LogP contribution in [0.3, 0.4) is 0 Å². The standard InChI is InChI=1S/C19H17N3O3S/c1-12-3-8-16(25-12)9-10-18(24)22-19-21-17(11-26-19)14-4-6-15(7-5-14)20-13(2)23/h3-11H,1-2H3,(H,20,23)(H,21,22,24)/b10-9+. The highest BCUT2D eigenvalue weighted by molar-refractivity contribution is 7.14. The fourth-order valence-electron chi connectivity index (χ4n) is 2.24. The first-order valence-electron chi connectivity index (χ1n) is 7.88. The average molecular weight is 367 g/mol. The molecule has 0 aliphatic rings. The second kappa shape index (κ2) is 7.79. The van der Waals surface area contributed by atoms with E-state index in [1.807, 2.05) is 42.6 Å². The highest BCUT2D eigenvalue weighted by Gasteiger charge is 2.07. The van der Waals surface area contributed by atoms with E-state index in [1.54, 1.807) is 12.1 Å². The third-order valence-corrected chi connectivity index (χ3v) is 4.15. The molecule has 0 radical (unpaired) electrons. The van der Waals surface area contributed by atoms with E-state index in [1.165, 1.54) is 24.3 Å².